The quantitative estimate of drug-likeness (QED) is 0.768. The van der Waals surface area contributed by atoms with Crippen molar-refractivity contribution >= 4 is 32.9 Å². The molecule has 0 atom stereocenters. The number of hydrogen-bond acceptors (Lipinski definition) is 5. The summed E-state index contributed by atoms with van der Waals surface area (Å²) in [5, 5.41) is 1.88. The SMILES string of the molecule is CC(=O)N1CCOC2(CCS(=O)(=NC(=O)c3sccc3C(C)C)CC2)C1. The first-order chi connectivity index (χ1) is 12.2. The summed E-state index contributed by atoms with van der Waals surface area (Å²) in [6, 6.07) is 1.94. The van der Waals surface area contributed by atoms with E-state index in [1.165, 1.54) is 11.3 Å². The molecule has 2 aliphatic heterocycles. The average molecular weight is 399 g/mol. The summed E-state index contributed by atoms with van der Waals surface area (Å²) in [7, 11) is -2.57. The number of morpholine rings is 1. The third kappa shape index (κ3) is 4.02. The monoisotopic (exact) mass is 398 g/mol. The van der Waals surface area contributed by atoms with Gasteiger partial charge in [0.1, 0.15) is 0 Å². The Balaban J connectivity index is 1.74. The number of thiophene rings is 1. The zero-order valence-corrected chi connectivity index (χ0v) is 17.2. The molecule has 144 valence electrons. The third-order valence-electron chi connectivity index (χ3n) is 5.21. The Morgan fingerprint density at radius 3 is 2.65 bits per heavy atom. The molecule has 2 fully saturated rings. The van der Waals surface area contributed by atoms with Crippen LogP contribution < -0.4 is 0 Å². The summed E-state index contributed by atoms with van der Waals surface area (Å²) in [5.74, 6) is 0.591. The van der Waals surface area contributed by atoms with E-state index < -0.39 is 15.3 Å². The number of carbonyl (C=O) groups excluding carboxylic acids is 2. The maximum atomic E-state index is 13.1. The van der Waals surface area contributed by atoms with Crippen LogP contribution in [0.25, 0.3) is 0 Å². The van der Waals surface area contributed by atoms with Crippen LogP contribution in [0.4, 0.5) is 0 Å². The van der Waals surface area contributed by atoms with Crippen LogP contribution in [0.2, 0.25) is 0 Å². The lowest BCUT2D eigenvalue weighted by Gasteiger charge is -2.45. The van der Waals surface area contributed by atoms with Crippen LogP contribution in [0, 0.1) is 0 Å². The van der Waals surface area contributed by atoms with Gasteiger partial charge in [0, 0.05) is 31.5 Å². The molecule has 0 aliphatic carbocycles. The first kappa shape index (κ1) is 19.5. The van der Waals surface area contributed by atoms with Gasteiger partial charge in [-0.2, -0.15) is 4.36 Å². The molecule has 0 radical (unpaired) electrons. The van der Waals surface area contributed by atoms with Gasteiger partial charge in [-0.25, -0.2) is 4.21 Å². The van der Waals surface area contributed by atoms with Crippen molar-refractivity contribution < 1.29 is 18.5 Å². The topological polar surface area (TPSA) is 76.0 Å². The summed E-state index contributed by atoms with van der Waals surface area (Å²) in [4.78, 5) is 26.6. The smallest absolute Gasteiger partial charge is 0.295 e. The minimum Gasteiger partial charge on any atom is -0.371 e. The van der Waals surface area contributed by atoms with Gasteiger partial charge in [-0.15, -0.1) is 11.3 Å². The van der Waals surface area contributed by atoms with Crippen molar-refractivity contribution in [1.82, 2.24) is 4.90 Å². The summed E-state index contributed by atoms with van der Waals surface area (Å²) in [6.45, 7) is 7.27. The highest BCUT2D eigenvalue weighted by atomic mass is 32.2. The van der Waals surface area contributed by atoms with Crippen LogP contribution in [0.3, 0.4) is 0 Å². The Morgan fingerprint density at radius 2 is 2.04 bits per heavy atom. The molecule has 6 nitrogen and oxygen atoms in total. The van der Waals surface area contributed by atoms with Crippen molar-refractivity contribution in [3.8, 4) is 0 Å². The Bertz CT molecular complexity index is 807. The molecule has 1 aromatic rings. The van der Waals surface area contributed by atoms with Gasteiger partial charge < -0.3 is 9.64 Å². The highest BCUT2D eigenvalue weighted by molar-refractivity contribution is 7.93. The van der Waals surface area contributed by atoms with E-state index in [9.17, 15) is 13.8 Å². The fourth-order valence-electron chi connectivity index (χ4n) is 3.57. The molecule has 2 saturated heterocycles. The van der Waals surface area contributed by atoms with Crippen LogP contribution in [0.5, 0.6) is 0 Å². The first-order valence-corrected chi connectivity index (χ1v) is 11.7. The van der Waals surface area contributed by atoms with Crippen molar-refractivity contribution in [2.75, 3.05) is 31.2 Å². The van der Waals surface area contributed by atoms with Crippen LogP contribution in [0.15, 0.2) is 15.8 Å². The zero-order chi connectivity index (χ0) is 18.9. The zero-order valence-electron chi connectivity index (χ0n) is 15.5. The van der Waals surface area contributed by atoms with Gasteiger partial charge in [0.15, 0.2) is 0 Å². The number of ether oxygens (including phenoxy) is 1. The Hall–Kier alpha value is -1.25. The largest absolute Gasteiger partial charge is 0.371 e. The molecule has 0 saturated carbocycles. The lowest BCUT2D eigenvalue weighted by atomic mass is 9.94. The lowest BCUT2D eigenvalue weighted by Crippen LogP contribution is -2.56. The van der Waals surface area contributed by atoms with E-state index >= 15 is 0 Å². The van der Waals surface area contributed by atoms with E-state index in [0.717, 1.165) is 5.56 Å². The molecule has 1 spiro atoms. The van der Waals surface area contributed by atoms with E-state index in [2.05, 4.69) is 4.36 Å². The number of carbonyl (C=O) groups is 2. The standard InChI is InChI=1S/C18H26N2O4S2/c1-13(2)15-4-9-25-16(15)17(22)19-26(23)10-5-18(6-11-26)12-20(14(3)21)7-8-24-18/h4,9,13H,5-8,10-12H2,1-3H3. The minimum absolute atomic E-state index is 0.0396. The third-order valence-corrected chi connectivity index (χ3v) is 8.31. The normalized spacial score (nSPS) is 29.2. The Labute approximate surface area is 159 Å². The predicted octanol–water partition coefficient (Wildman–Crippen LogP) is 2.89. The first-order valence-electron chi connectivity index (χ1n) is 8.97. The number of amides is 2. The van der Waals surface area contributed by atoms with E-state index in [-0.39, 0.29) is 17.7 Å². The van der Waals surface area contributed by atoms with Gasteiger partial charge in [-0.3, -0.25) is 9.59 Å². The highest BCUT2D eigenvalue weighted by Crippen LogP contribution is 2.33. The fraction of sp³-hybridized carbons (Fsp3) is 0.667. The van der Waals surface area contributed by atoms with Crippen molar-refractivity contribution in [3.05, 3.63) is 21.9 Å². The second-order valence-electron chi connectivity index (χ2n) is 7.41. The molecule has 3 rings (SSSR count). The molecule has 26 heavy (non-hydrogen) atoms. The molecule has 0 unspecified atom stereocenters. The van der Waals surface area contributed by atoms with E-state index in [1.807, 2.05) is 25.3 Å². The van der Waals surface area contributed by atoms with E-state index in [1.54, 1.807) is 11.8 Å². The van der Waals surface area contributed by atoms with Gasteiger partial charge >= 0.3 is 0 Å². The molecule has 0 aromatic carbocycles. The molecule has 2 aliphatic rings. The van der Waals surface area contributed by atoms with Crippen LogP contribution >= 0.6 is 11.3 Å². The van der Waals surface area contributed by atoms with Crippen LogP contribution in [-0.2, 0) is 19.3 Å². The van der Waals surface area contributed by atoms with Crippen LogP contribution in [0.1, 0.15) is 54.8 Å². The summed E-state index contributed by atoms with van der Waals surface area (Å²) in [6.07, 6.45) is 1.13. The summed E-state index contributed by atoms with van der Waals surface area (Å²) in [5.41, 5.74) is 0.529. The van der Waals surface area contributed by atoms with E-state index in [0.29, 0.717) is 48.9 Å². The second kappa shape index (κ2) is 7.40. The molecule has 1 aromatic heterocycles. The van der Waals surface area contributed by atoms with Crippen LogP contribution in [-0.4, -0.2) is 57.7 Å². The Kier molecular flexibility index (Phi) is 5.55. The molecule has 2 amide bonds. The minimum atomic E-state index is -2.57. The van der Waals surface area contributed by atoms with Crippen molar-refractivity contribution in [2.45, 2.75) is 45.1 Å². The van der Waals surface area contributed by atoms with Gasteiger partial charge in [-0.05, 0) is 35.8 Å². The number of rotatable bonds is 2. The van der Waals surface area contributed by atoms with Gasteiger partial charge in [0.2, 0.25) is 5.91 Å². The average Bonchev–Trinajstić information content (AvgIpc) is 3.08. The fourth-order valence-corrected chi connectivity index (χ4v) is 6.72. The summed E-state index contributed by atoms with van der Waals surface area (Å²) < 4.78 is 23.2. The predicted molar refractivity (Wildman–Crippen MR) is 103 cm³/mol. The van der Waals surface area contributed by atoms with Gasteiger partial charge in [-0.1, -0.05) is 13.8 Å². The molecule has 3 heterocycles. The Morgan fingerprint density at radius 1 is 1.35 bits per heavy atom. The maximum Gasteiger partial charge on any atom is 0.295 e. The number of hydrogen-bond donors (Lipinski definition) is 0. The molecular formula is C18H26N2O4S2. The lowest BCUT2D eigenvalue weighted by molar-refractivity contribution is -0.150. The molecule has 0 N–H and O–H groups in total. The van der Waals surface area contributed by atoms with Gasteiger partial charge in [0.05, 0.1) is 26.8 Å². The maximum absolute atomic E-state index is 13.1. The van der Waals surface area contributed by atoms with Gasteiger partial charge in [0.25, 0.3) is 5.91 Å². The van der Waals surface area contributed by atoms with Crippen molar-refractivity contribution in [3.63, 3.8) is 0 Å². The second-order valence-corrected chi connectivity index (χ2v) is 10.9. The van der Waals surface area contributed by atoms with E-state index in [4.69, 9.17) is 4.74 Å². The molecule has 8 heteroatoms. The number of nitrogens with zero attached hydrogens (tertiary/aromatic N) is 2. The molecule has 0 bridgehead atoms. The van der Waals surface area contributed by atoms with Crippen molar-refractivity contribution in [1.29, 1.82) is 0 Å². The molecular weight excluding hydrogens is 372 g/mol. The van der Waals surface area contributed by atoms with Crippen molar-refractivity contribution in [2.24, 2.45) is 4.36 Å². The highest BCUT2D eigenvalue weighted by Gasteiger charge is 2.42. The summed E-state index contributed by atoms with van der Waals surface area (Å²) >= 11 is 1.36.